The predicted octanol–water partition coefficient (Wildman–Crippen LogP) is 16.5. The number of rotatable bonds is 15. The van der Waals surface area contributed by atoms with Crippen molar-refractivity contribution in [3.63, 3.8) is 0 Å². The molecule has 0 aliphatic heterocycles. The van der Waals surface area contributed by atoms with Gasteiger partial charge in [-0.25, -0.2) is 24.3 Å². The second-order valence-corrected chi connectivity index (χ2v) is 20.2. The molecule has 0 unspecified atom stereocenters. The first kappa shape index (κ1) is 65.0. The highest BCUT2D eigenvalue weighted by molar-refractivity contribution is 6.40. The third-order valence-electron chi connectivity index (χ3n) is 13.0. The van der Waals surface area contributed by atoms with Crippen LogP contribution in [0.1, 0.15) is 74.4 Å². The van der Waals surface area contributed by atoms with Crippen LogP contribution in [-0.4, -0.2) is 78.0 Å². The molecule has 5 heterocycles. The normalized spacial score (nSPS) is 10.8. The van der Waals surface area contributed by atoms with Gasteiger partial charge >= 0.3 is 6.36 Å². The fourth-order valence-corrected chi connectivity index (χ4v) is 9.88. The minimum Gasteiger partial charge on any atom is -0.406 e. The molecule has 11 aromatic rings. The Kier molecular flexibility index (Phi) is 22.0. The number of carbonyl (C=O) groups is 3. The highest BCUT2D eigenvalue weighted by atomic mass is 35.5. The number of methoxy groups -OCH3 is 1. The fraction of sp³-hybridized carbons (Fsp3) is 0.136. The lowest BCUT2D eigenvalue weighted by Gasteiger charge is -2.15. The first-order valence-electron chi connectivity index (χ1n) is 27.5. The van der Waals surface area contributed by atoms with Crippen molar-refractivity contribution in [2.75, 3.05) is 35.0 Å². The van der Waals surface area contributed by atoms with E-state index in [1.165, 1.54) is 30.7 Å². The highest BCUT2D eigenvalue weighted by Crippen LogP contribution is 2.34. The number of anilines is 5. The zero-order chi connectivity index (χ0) is 63.8. The summed E-state index contributed by atoms with van der Waals surface area (Å²) in [5, 5.41) is 30.4. The summed E-state index contributed by atoms with van der Waals surface area (Å²) < 4.78 is 49.1. The quantitative estimate of drug-likeness (QED) is 0.0609. The fourth-order valence-electron chi connectivity index (χ4n) is 8.81. The molecule has 6 aromatic carbocycles. The summed E-state index contributed by atoms with van der Waals surface area (Å²) in [6.07, 6.45) is 0.275. The Morgan fingerprint density at radius 3 is 1.34 bits per heavy atom. The van der Waals surface area contributed by atoms with Gasteiger partial charge in [0.2, 0.25) is 0 Å². The maximum absolute atomic E-state index is 12.8. The maximum atomic E-state index is 12.8. The van der Waals surface area contributed by atoms with Gasteiger partial charge in [-0.15, -0.1) is 13.2 Å². The van der Waals surface area contributed by atoms with Gasteiger partial charge in [0.15, 0.2) is 11.3 Å². The summed E-state index contributed by atoms with van der Waals surface area (Å²) in [6, 6.07) is 50.0. The first-order valence-corrected chi connectivity index (χ1v) is 28.7. The van der Waals surface area contributed by atoms with E-state index in [4.69, 9.17) is 44.9 Å². The van der Waals surface area contributed by atoms with Crippen molar-refractivity contribution in [1.82, 2.24) is 34.5 Å². The lowest BCUT2D eigenvalue weighted by Crippen LogP contribution is -2.17. The molecule has 0 aliphatic rings. The van der Waals surface area contributed by atoms with Gasteiger partial charge < -0.3 is 36.2 Å². The molecule has 5 N–H and O–H groups in total. The van der Waals surface area contributed by atoms with E-state index >= 15 is 0 Å². The van der Waals surface area contributed by atoms with Gasteiger partial charge in [-0.1, -0.05) is 134 Å². The van der Waals surface area contributed by atoms with E-state index in [2.05, 4.69) is 51.2 Å². The zero-order valence-corrected chi connectivity index (χ0v) is 51.0. The van der Waals surface area contributed by atoms with E-state index in [9.17, 15) is 27.6 Å². The number of ether oxygens (including phenoxy) is 2. The Morgan fingerprint density at radius 1 is 0.539 bits per heavy atom. The third kappa shape index (κ3) is 16.4. The number of carbonyl (C=O) groups excluding carboxylic acids is 3. The van der Waals surface area contributed by atoms with Gasteiger partial charge in [0.1, 0.15) is 11.6 Å². The van der Waals surface area contributed by atoms with Gasteiger partial charge in [-0.3, -0.25) is 14.4 Å². The van der Waals surface area contributed by atoms with Crippen LogP contribution in [0.5, 0.6) is 5.75 Å². The van der Waals surface area contributed by atoms with Gasteiger partial charge in [0, 0.05) is 54.2 Å². The Labute approximate surface area is 525 Å². The summed E-state index contributed by atoms with van der Waals surface area (Å²) in [5.74, 6) is -1.20. The van der Waals surface area contributed by atoms with Crippen molar-refractivity contribution >= 4 is 109 Å². The summed E-state index contributed by atoms with van der Waals surface area (Å²) >= 11 is 19.6. The molecule has 0 atom stereocenters. The van der Waals surface area contributed by atoms with Crippen molar-refractivity contribution in [3.8, 4) is 17.1 Å². The molecule has 0 radical (unpaired) electrons. The number of aromatic nitrogens is 7. The van der Waals surface area contributed by atoms with Crippen LogP contribution in [0.25, 0.3) is 33.4 Å². The first-order chi connectivity index (χ1) is 42.9. The molecular weight excluding hydrogens is 1200 g/mol. The number of fused-ring (bicyclic) bond motifs is 2. The summed E-state index contributed by atoms with van der Waals surface area (Å²) in [4.78, 5) is 51.3. The lowest BCUT2D eigenvalue weighted by molar-refractivity contribution is -0.274. The molecule has 0 saturated heterocycles. The van der Waals surface area contributed by atoms with Crippen LogP contribution >= 0.6 is 34.8 Å². The van der Waals surface area contributed by atoms with Gasteiger partial charge in [0.05, 0.1) is 77.5 Å². The molecule has 5 aromatic heterocycles. The van der Waals surface area contributed by atoms with Crippen LogP contribution in [0.4, 0.5) is 41.7 Å². The topological polar surface area (TPSA) is 216 Å². The number of hydrogen-bond donors (Lipinski definition) is 5. The molecule has 11 rings (SSSR count). The minimum absolute atomic E-state index is 0.112. The van der Waals surface area contributed by atoms with Crippen molar-refractivity contribution < 1.29 is 37.0 Å². The number of hydrogen-bond acceptors (Lipinski definition) is 12. The standard InChI is InChI=1S/C23H21ClN4O2.C21H14ClF3N4O2.C20H17ClN4O.C2H6/c1-15-20-21(24)19(14-25-22(20)28(27-15)18-6-4-3-5-7-18)23(29)26-17-10-8-16(9-11-17)12-13-30-2;1-12-17-18(22)16(11-26-19(17)29(28-12)14-5-3-2-4-6-14)20(30)27-13-7-9-15(10-8-13)31-21(23,24)25;1-13(22)17-18(21)16(20(26)25-15-10-6-3-7-11-15)12-23-19(17)24-14-8-4-2-5-9-14;1-2/h3-11,14H,12-13H2,1-2H3,(H,26,29);2-11H,1H3,(H,27,30);2-12,22H,1H3,(H,23,24)(H,25,26);1-2H3. The second kappa shape index (κ2) is 30.1. The average Bonchev–Trinajstić information content (AvgIpc) is 1.72. The van der Waals surface area contributed by atoms with Crippen molar-refractivity contribution in [3.05, 3.63) is 243 Å². The molecule has 89 heavy (non-hydrogen) atoms. The summed E-state index contributed by atoms with van der Waals surface area (Å²) in [6.45, 7) is 9.88. The monoisotopic (exact) mass is 1260 g/mol. The number of pyridine rings is 3. The SMILES string of the molecule is CC.CC(=N)c1c(Nc2ccccc2)ncc(C(=O)Nc2ccccc2)c1Cl.COCCc1ccc(NC(=O)c2cnc3c(c(C)nn3-c3ccccc3)c2Cl)cc1.Cc1nn(-c2ccccc2)c2ncc(C(=O)Nc3ccc(OC(F)(F)F)cc3)c(Cl)c12. The minimum atomic E-state index is -4.79. The molecule has 3 amide bonds. The smallest absolute Gasteiger partial charge is 0.406 e. The van der Waals surface area contributed by atoms with E-state index in [1.807, 2.05) is 154 Å². The Bertz CT molecular complexity index is 4260. The van der Waals surface area contributed by atoms with Crippen molar-refractivity contribution in [2.45, 2.75) is 47.4 Å². The molecule has 0 bridgehead atoms. The van der Waals surface area contributed by atoms with Crippen molar-refractivity contribution in [1.29, 1.82) is 5.41 Å². The maximum Gasteiger partial charge on any atom is 0.573 e. The number of halogens is 6. The summed E-state index contributed by atoms with van der Waals surface area (Å²) in [7, 11) is 1.68. The van der Waals surface area contributed by atoms with Crippen LogP contribution in [0.15, 0.2) is 188 Å². The summed E-state index contributed by atoms with van der Waals surface area (Å²) in [5.41, 5.74) is 8.93. The van der Waals surface area contributed by atoms with Gasteiger partial charge in [-0.2, -0.15) is 10.2 Å². The molecule has 0 saturated carbocycles. The third-order valence-corrected chi connectivity index (χ3v) is 14.1. The lowest BCUT2D eigenvalue weighted by atomic mass is 10.1. The Hall–Kier alpha value is -9.99. The molecule has 23 heteroatoms. The van der Waals surface area contributed by atoms with Crippen LogP contribution in [0, 0.1) is 19.3 Å². The predicted molar refractivity (Wildman–Crippen MR) is 345 cm³/mol. The number of nitrogens with zero attached hydrogens (tertiary/aromatic N) is 7. The van der Waals surface area contributed by atoms with Crippen LogP contribution in [0.2, 0.25) is 15.1 Å². The number of aryl methyl sites for hydroxylation is 2. The largest absolute Gasteiger partial charge is 0.573 e. The Morgan fingerprint density at radius 2 is 0.921 bits per heavy atom. The number of alkyl halides is 3. The molecule has 0 spiro atoms. The van der Waals surface area contributed by atoms with E-state index in [1.54, 1.807) is 42.5 Å². The van der Waals surface area contributed by atoms with E-state index < -0.39 is 18.0 Å². The van der Waals surface area contributed by atoms with Crippen LogP contribution in [0.3, 0.4) is 0 Å². The number of para-hydroxylation sites is 4. The van der Waals surface area contributed by atoms with Crippen LogP contribution < -0.4 is 26.0 Å². The molecule has 454 valence electrons. The molecule has 0 fully saturated rings. The van der Waals surface area contributed by atoms with Crippen LogP contribution in [-0.2, 0) is 11.2 Å². The van der Waals surface area contributed by atoms with E-state index in [-0.39, 0.29) is 44.4 Å². The van der Waals surface area contributed by atoms with E-state index in [0.717, 1.165) is 41.2 Å². The molecule has 0 aliphatic carbocycles. The molecular formula is C66H58Cl3F3N12O5. The van der Waals surface area contributed by atoms with Crippen molar-refractivity contribution in [2.24, 2.45) is 0 Å². The van der Waals surface area contributed by atoms with Gasteiger partial charge in [0.25, 0.3) is 17.7 Å². The second-order valence-electron chi connectivity index (χ2n) is 19.1. The molecule has 17 nitrogen and oxygen atoms in total. The number of benzene rings is 6. The van der Waals surface area contributed by atoms with Gasteiger partial charge in [-0.05, 0) is 118 Å². The highest BCUT2D eigenvalue weighted by Gasteiger charge is 2.31. The average molecular weight is 1260 g/mol. The number of amides is 3. The number of nitrogens with one attached hydrogen (secondary N) is 5. The van der Waals surface area contributed by atoms with E-state index in [0.29, 0.717) is 73.4 Å². The zero-order valence-electron chi connectivity index (χ0n) is 48.8. The Balaban J connectivity index is 0.000000171.